The molecule has 1 aliphatic heterocycles. The van der Waals surface area contributed by atoms with E-state index in [0.717, 1.165) is 35.4 Å². The van der Waals surface area contributed by atoms with Gasteiger partial charge in [0.1, 0.15) is 16.8 Å². The third-order valence-corrected chi connectivity index (χ3v) is 6.26. The van der Waals surface area contributed by atoms with Gasteiger partial charge in [0.2, 0.25) is 11.0 Å². The lowest BCUT2D eigenvalue weighted by Crippen LogP contribution is -2.45. The Kier molecular flexibility index (Phi) is 6.65. The fraction of sp³-hybridized carbons (Fsp3) is 0.304. The average molecular weight is 452 g/mol. The zero-order valence-corrected chi connectivity index (χ0v) is 18.8. The van der Waals surface area contributed by atoms with Gasteiger partial charge in [0, 0.05) is 17.8 Å². The quantitative estimate of drug-likeness (QED) is 0.579. The number of benzene rings is 2. The molecule has 3 aromatic rings. The number of urea groups is 1. The van der Waals surface area contributed by atoms with Gasteiger partial charge in [-0.1, -0.05) is 42.5 Å². The Bertz CT molecular complexity index is 1120. The van der Waals surface area contributed by atoms with Gasteiger partial charge < -0.3 is 15.0 Å². The van der Waals surface area contributed by atoms with Crippen LogP contribution in [0.3, 0.4) is 0 Å². The highest BCUT2D eigenvalue weighted by molar-refractivity contribution is 7.18. The second-order valence-electron chi connectivity index (χ2n) is 7.47. The third kappa shape index (κ3) is 4.88. The number of hydrogen-bond acceptors (Lipinski definition) is 6. The van der Waals surface area contributed by atoms with Crippen LogP contribution in [0, 0.1) is 0 Å². The number of ether oxygens (including phenoxy) is 1. The molecule has 0 bridgehead atoms. The summed E-state index contributed by atoms with van der Waals surface area (Å²) in [5.74, 6) is 0.466. The first-order chi connectivity index (χ1) is 15.6. The lowest BCUT2D eigenvalue weighted by atomic mass is 10.1. The highest BCUT2D eigenvalue weighted by atomic mass is 32.1. The van der Waals surface area contributed by atoms with Gasteiger partial charge in [-0.3, -0.25) is 10.1 Å². The van der Waals surface area contributed by atoms with Crippen molar-refractivity contribution in [2.45, 2.75) is 32.2 Å². The number of hydrogen-bond donors (Lipinski definition) is 2. The molecular weight excluding hydrogens is 426 g/mol. The van der Waals surface area contributed by atoms with E-state index in [4.69, 9.17) is 4.74 Å². The first-order valence-electron chi connectivity index (χ1n) is 10.5. The fourth-order valence-electron chi connectivity index (χ4n) is 3.68. The van der Waals surface area contributed by atoms with Crippen LogP contribution in [0.15, 0.2) is 48.5 Å². The molecule has 166 valence electrons. The van der Waals surface area contributed by atoms with Crippen molar-refractivity contribution in [1.82, 2.24) is 15.1 Å². The topological polar surface area (TPSA) is 96.5 Å². The summed E-state index contributed by atoms with van der Waals surface area (Å²) >= 11 is 1.28. The zero-order valence-electron chi connectivity index (χ0n) is 18.0. The van der Waals surface area contributed by atoms with E-state index in [2.05, 4.69) is 27.8 Å². The smallest absolute Gasteiger partial charge is 0.322 e. The van der Waals surface area contributed by atoms with Crippen LogP contribution in [0.4, 0.5) is 15.6 Å². The summed E-state index contributed by atoms with van der Waals surface area (Å²) < 4.78 is 5.25. The summed E-state index contributed by atoms with van der Waals surface area (Å²) in [6, 6.07) is 14.4. The van der Waals surface area contributed by atoms with Crippen molar-refractivity contribution < 1.29 is 14.3 Å². The molecule has 4 rings (SSSR count). The summed E-state index contributed by atoms with van der Waals surface area (Å²) in [4.78, 5) is 27.3. The number of nitrogens with one attached hydrogen (secondary N) is 2. The Morgan fingerprint density at radius 2 is 2.00 bits per heavy atom. The Morgan fingerprint density at radius 1 is 1.16 bits per heavy atom. The summed E-state index contributed by atoms with van der Waals surface area (Å²) in [5.41, 5.74) is 2.73. The van der Waals surface area contributed by atoms with E-state index < -0.39 is 6.04 Å². The second kappa shape index (κ2) is 9.78. The molecule has 2 heterocycles. The number of carbonyl (C=O) groups excluding carboxylic acids is 2. The van der Waals surface area contributed by atoms with E-state index in [1.165, 1.54) is 11.3 Å². The number of methoxy groups -OCH3 is 1. The number of nitrogens with zero attached hydrogens (tertiary/aromatic N) is 3. The number of aromatic nitrogens is 2. The number of rotatable bonds is 6. The molecule has 0 radical (unpaired) electrons. The molecular formula is C23H25N5O3S. The predicted octanol–water partition coefficient (Wildman–Crippen LogP) is 4.41. The van der Waals surface area contributed by atoms with Gasteiger partial charge >= 0.3 is 6.03 Å². The molecule has 3 amide bonds. The van der Waals surface area contributed by atoms with Crippen molar-refractivity contribution in [2.75, 3.05) is 24.3 Å². The first-order valence-corrected chi connectivity index (χ1v) is 11.3. The maximum Gasteiger partial charge on any atom is 0.322 e. The van der Waals surface area contributed by atoms with Crippen molar-refractivity contribution in [1.29, 1.82) is 0 Å². The third-order valence-electron chi connectivity index (χ3n) is 5.37. The minimum absolute atomic E-state index is 0.256. The van der Waals surface area contributed by atoms with E-state index in [0.29, 0.717) is 23.1 Å². The largest absolute Gasteiger partial charge is 0.497 e. The van der Waals surface area contributed by atoms with Crippen LogP contribution in [0.2, 0.25) is 0 Å². The van der Waals surface area contributed by atoms with Crippen molar-refractivity contribution in [2.24, 2.45) is 0 Å². The Hall–Kier alpha value is -3.46. The maximum atomic E-state index is 12.9. The summed E-state index contributed by atoms with van der Waals surface area (Å²) in [5, 5.41) is 15.1. The number of likely N-dealkylation sites (tertiary alicyclic amines) is 1. The summed E-state index contributed by atoms with van der Waals surface area (Å²) in [6.07, 6.45) is 2.26. The van der Waals surface area contributed by atoms with Gasteiger partial charge in [-0.05, 0) is 49.1 Å². The predicted molar refractivity (Wildman–Crippen MR) is 125 cm³/mol. The fourth-order valence-corrected chi connectivity index (χ4v) is 4.42. The summed E-state index contributed by atoms with van der Waals surface area (Å²) in [7, 11) is 1.61. The van der Waals surface area contributed by atoms with Crippen LogP contribution in [0.5, 0.6) is 5.75 Å². The zero-order chi connectivity index (χ0) is 22.5. The molecule has 8 nitrogen and oxygen atoms in total. The molecule has 0 saturated carbocycles. The highest BCUT2D eigenvalue weighted by Crippen LogP contribution is 2.29. The van der Waals surface area contributed by atoms with Crippen molar-refractivity contribution in [3.8, 4) is 16.3 Å². The molecule has 1 saturated heterocycles. The SMILES string of the molecule is CCc1cccc(NC(=O)N2CCCC2C(=O)Nc2nnc(-c3cccc(OC)c3)s2)c1. The molecule has 1 atom stereocenters. The van der Waals surface area contributed by atoms with Crippen LogP contribution in [-0.2, 0) is 11.2 Å². The van der Waals surface area contributed by atoms with Gasteiger partial charge in [0.15, 0.2) is 0 Å². The van der Waals surface area contributed by atoms with E-state index in [-0.39, 0.29) is 11.9 Å². The van der Waals surface area contributed by atoms with Crippen LogP contribution in [0.25, 0.3) is 10.6 Å². The number of aryl methyl sites for hydroxylation is 1. The molecule has 1 unspecified atom stereocenters. The Balaban J connectivity index is 1.41. The first kappa shape index (κ1) is 21.8. The molecule has 1 aliphatic rings. The summed E-state index contributed by atoms with van der Waals surface area (Å²) in [6.45, 7) is 2.59. The second-order valence-corrected chi connectivity index (χ2v) is 8.45. The number of anilines is 2. The lowest BCUT2D eigenvalue weighted by Gasteiger charge is -2.24. The van der Waals surface area contributed by atoms with Gasteiger partial charge in [0.05, 0.1) is 7.11 Å². The minimum atomic E-state index is -0.548. The van der Waals surface area contributed by atoms with Crippen LogP contribution in [0.1, 0.15) is 25.3 Å². The molecule has 2 N–H and O–H groups in total. The van der Waals surface area contributed by atoms with Crippen molar-refractivity contribution in [3.63, 3.8) is 0 Å². The van der Waals surface area contributed by atoms with E-state index in [1.807, 2.05) is 48.5 Å². The molecule has 32 heavy (non-hydrogen) atoms. The van der Waals surface area contributed by atoms with Gasteiger partial charge in [-0.15, -0.1) is 10.2 Å². The van der Waals surface area contributed by atoms with Gasteiger partial charge in [-0.2, -0.15) is 0 Å². The monoisotopic (exact) mass is 451 g/mol. The van der Waals surface area contributed by atoms with Crippen molar-refractivity contribution >= 4 is 34.1 Å². The maximum absolute atomic E-state index is 12.9. The molecule has 1 aromatic heterocycles. The molecule has 2 aromatic carbocycles. The van der Waals surface area contributed by atoms with E-state index in [1.54, 1.807) is 12.0 Å². The Labute approximate surface area is 190 Å². The number of amides is 3. The van der Waals surface area contributed by atoms with Crippen LogP contribution >= 0.6 is 11.3 Å². The molecule has 9 heteroatoms. The number of carbonyl (C=O) groups is 2. The van der Waals surface area contributed by atoms with Gasteiger partial charge in [0.25, 0.3) is 0 Å². The normalized spacial score (nSPS) is 15.4. The van der Waals surface area contributed by atoms with Crippen LogP contribution < -0.4 is 15.4 Å². The van der Waals surface area contributed by atoms with Crippen molar-refractivity contribution in [3.05, 3.63) is 54.1 Å². The van der Waals surface area contributed by atoms with E-state index in [9.17, 15) is 9.59 Å². The molecule has 1 fully saturated rings. The standard InChI is InChI=1S/C23H25N5O3S/c1-3-15-7-4-9-17(13-15)24-23(30)28-12-6-11-19(28)20(29)25-22-27-26-21(32-22)16-8-5-10-18(14-16)31-2/h4-5,7-10,13-14,19H,3,6,11-12H2,1-2H3,(H,24,30)(H,25,27,29). The highest BCUT2D eigenvalue weighted by Gasteiger charge is 2.34. The van der Waals surface area contributed by atoms with Gasteiger partial charge in [-0.25, -0.2) is 4.79 Å². The molecule has 0 spiro atoms. The Morgan fingerprint density at radius 3 is 2.81 bits per heavy atom. The molecule has 0 aliphatic carbocycles. The minimum Gasteiger partial charge on any atom is -0.497 e. The average Bonchev–Trinajstić information content (AvgIpc) is 3.49. The lowest BCUT2D eigenvalue weighted by molar-refractivity contribution is -0.119. The van der Waals surface area contributed by atoms with Crippen LogP contribution in [-0.4, -0.2) is 46.7 Å². The van der Waals surface area contributed by atoms with E-state index >= 15 is 0 Å².